The molecule has 0 saturated heterocycles. The summed E-state index contributed by atoms with van der Waals surface area (Å²) in [5.74, 6) is 1.75. The van der Waals surface area contributed by atoms with Gasteiger partial charge in [-0.2, -0.15) is 4.31 Å². The van der Waals surface area contributed by atoms with Gasteiger partial charge in [-0.15, -0.1) is 11.3 Å². The van der Waals surface area contributed by atoms with Gasteiger partial charge >= 0.3 is 0 Å². The van der Waals surface area contributed by atoms with Crippen molar-refractivity contribution in [1.29, 1.82) is 0 Å². The minimum Gasteiger partial charge on any atom is -0.459 e. The van der Waals surface area contributed by atoms with Crippen LogP contribution >= 0.6 is 11.3 Å². The van der Waals surface area contributed by atoms with Crippen LogP contribution < -0.4 is 0 Å². The summed E-state index contributed by atoms with van der Waals surface area (Å²) in [4.78, 5) is 4.45. The van der Waals surface area contributed by atoms with Gasteiger partial charge in [0.15, 0.2) is 10.8 Å². The first-order chi connectivity index (χ1) is 9.92. The van der Waals surface area contributed by atoms with E-state index >= 15 is 0 Å². The van der Waals surface area contributed by atoms with Crippen LogP contribution in [0.25, 0.3) is 10.8 Å². The van der Waals surface area contributed by atoms with Crippen LogP contribution in [0.3, 0.4) is 0 Å². The number of rotatable bonds is 7. The molecule has 0 saturated carbocycles. The topological polar surface area (TPSA) is 63.4 Å². The van der Waals surface area contributed by atoms with E-state index in [2.05, 4.69) is 4.98 Å². The van der Waals surface area contributed by atoms with Crippen LogP contribution in [-0.4, -0.2) is 30.5 Å². The first-order valence-electron chi connectivity index (χ1n) is 6.87. The third-order valence-electron chi connectivity index (χ3n) is 3.12. The first-order valence-corrected chi connectivity index (χ1v) is 9.36. The molecule has 2 rings (SSSR count). The van der Waals surface area contributed by atoms with Gasteiger partial charge in [0.2, 0.25) is 10.0 Å². The van der Waals surface area contributed by atoms with Crippen LogP contribution in [-0.2, 0) is 16.6 Å². The summed E-state index contributed by atoms with van der Waals surface area (Å²) in [5.41, 5.74) is 0.742. The van der Waals surface area contributed by atoms with Crippen molar-refractivity contribution in [2.75, 3.05) is 12.8 Å². The van der Waals surface area contributed by atoms with Crippen LogP contribution in [0.4, 0.5) is 0 Å². The molecule has 0 N–H and O–H groups in total. The fourth-order valence-electron chi connectivity index (χ4n) is 1.85. The molecular formula is C14H20N2O3S2. The van der Waals surface area contributed by atoms with E-state index < -0.39 is 10.0 Å². The molecule has 2 heterocycles. The van der Waals surface area contributed by atoms with Gasteiger partial charge in [0.05, 0.1) is 18.0 Å². The van der Waals surface area contributed by atoms with E-state index in [1.807, 2.05) is 31.4 Å². The Kier molecular flexibility index (Phi) is 5.18. The molecule has 5 nitrogen and oxygen atoms in total. The Morgan fingerprint density at radius 1 is 1.38 bits per heavy atom. The van der Waals surface area contributed by atoms with Crippen LogP contribution in [0.2, 0.25) is 0 Å². The van der Waals surface area contributed by atoms with Gasteiger partial charge < -0.3 is 4.42 Å². The molecule has 0 aromatic carbocycles. The van der Waals surface area contributed by atoms with Gasteiger partial charge in [0.25, 0.3) is 0 Å². The Labute approximate surface area is 129 Å². The summed E-state index contributed by atoms with van der Waals surface area (Å²) >= 11 is 1.46. The van der Waals surface area contributed by atoms with Crippen LogP contribution in [0, 0.1) is 6.92 Å². The first kappa shape index (κ1) is 16.2. The predicted octanol–water partition coefficient (Wildman–Crippen LogP) is 3.27. The smallest absolute Gasteiger partial charge is 0.214 e. The maximum absolute atomic E-state index is 12.1. The molecule has 0 aliphatic rings. The van der Waals surface area contributed by atoms with Crippen LogP contribution in [0.1, 0.15) is 31.2 Å². The number of furan rings is 1. The van der Waals surface area contributed by atoms with E-state index in [-0.39, 0.29) is 5.75 Å². The van der Waals surface area contributed by atoms with E-state index in [1.165, 1.54) is 15.6 Å². The van der Waals surface area contributed by atoms with Gasteiger partial charge in [-0.1, -0.05) is 13.3 Å². The summed E-state index contributed by atoms with van der Waals surface area (Å²) in [6, 6.07) is 3.76. The summed E-state index contributed by atoms with van der Waals surface area (Å²) < 4.78 is 31.0. The second kappa shape index (κ2) is 6.72. The number of hydrogen-bond acceptors (Lipinski definition) is 5. The molecule has 21 heavy (non-hydrogen) atoms. The highest BCUT2D eigenvalue weighted by Gasteiger charge is 2.19. The standard InChI is InChI=1S/C14H20N2O3S2/c1-4-5-8-21(17,18)16(3)9-12-10-20-14(15-12)13-7-6-11(2)19-13/h6-7,10H,4-5,8-9H2,1-3H3. The third-order valence-corrected chi connectivity index (χ3v) is 5.91. The number of sulfonamides is 1. The van der Waals surface area contributed by atoms with Crippen LogP contribution in [0.15, 0.2) is 21.9 Å². The van der Waals surface area contributed by atoms with E-state index in [0.717, 1.165) is 28.6 Å². The van der Waals surface area contributed by atoms with Crippen molar-refractivity contribution in [1.82, 2.24) is 9.29 Å². The van der Waals surface area contributed by atoms with Crippen molar-refractivity contribution in [3.8, 4) is 10.8 Å². The molecule has 0 spiro atoms. The second-order valence-electron chi connectivity index (χ2n) is 4.98. The predicted molar refractivity (Wildman–Crippen MR) is 84.7 cm³/mol. The highest BCUT2D eigenvalue weighted by molar-refractivity contribution is 7.89. The quantitative estimate of drug-likeness (QED) is 0.782. The number of aromatic nitrogens is 1. The molecule has 2 aromatic heterocycles. The zero-order valence-corrected chi connectivity index (χ0v) is 14.1. The van der Waals surface area contributed by atoms with E-state index in [4.69, 9.17) is 4.42 Å². The fraction of sp³-hybridized carbons (Fsp3) is 0.500. The lowest BCUT2D eigenvalue weighted by atomic mass is 10.4. The lowest BCUT2D eigenvalue weighted by Gasteiger charge is -2.15. The minimum absolute atomic E-state index is 0.189. The van der Waals surface area contributed by atoms with Crippen molar-refractivity contribution in [2.45, 2.75) is 33.2 Å². The Morgan fingerprint density at radius 3 is 2.76 bits per heavy atom. The summed E-state index contributed by atoms with van der Waals surface area (Å²) in [5, 5.41) is 2.65. The number of hydrogen-bond donors (Lipinski definition) is 0. The normalized spacial score (nSPS) is 12.2. The Hall–Kier alpha value is -1.18. The zero-order chi connectivity index (χ0) is 15.5. The number of unbranched alkanes of at least 4 members (excludes halogenated alkanes) is 1. The van der Waals surface area contributed by atoms with Gasteiger partial charge in [0, 0.05) is 12.4 Å². The highest BCUT2D eigenvalue weighted by atomic mass is 32.2. The summed E-state index contributed by atoms with van der Waals surface area (Å²) in [6.07, 6.45) is 1.55. The van der Waals surface area contributed by atoms with E-state index in [0.29, 0.717) is 13.0 Å². The van der Waals surface area contributed by atoms with Crippen molar-refractivity contribution < 1.29 is 12.8 Å². The highest BCUT2D eigenvalue weighted by Crippen LogP contribution is 2.26. The van der Waals surface area contributed by atoms with Crippen molar-refractivity contribution >= 4 is 21.4 Å². The van der Waals surface area contributed by atoms with Crippen molar-refractivity contribution in [3.05, 3.63) is 29.0 Å². The minimum atomic E-state index is -3.20. The Bertz CT molecular complexity index is 689. The Morgan fingerprint density at radius 2 is 2.14 bits per heavy atom. The molecule has 0 atom stereocenters. The molecule has 0 aliphatic heterocycles. The third kappa shape index (κ3) is 4.15. The molecule has 0 fully saturated rings. The lowest BCUT2D eigenvalue weighted by Crippen LogP contribution is -2.28. The number of nitrogens with zero attached hydrogens (tertiary/aromatic N) is 2. The summed E-state index contributed by atoms with van der Waals surface area (Å²) in [6.45, 7) is 4.15. The maximum atomic E-state index is 12.1. The molecule has 2 aromatic rings. The molecule has 0 bridgehead atoms. The van der Waals surface area contributed by atoms with E-state index in [9.17, 15) is 8.42 Å². The molecule has 7 heteroatoms. The lowest BCUT2D eigenvalue weighted by molar-refractivity contribution is 0.461. The zero-order valence-electron chi connectivity index (χ0n) is 12.5. The monoisotopic (exact) mass is 328 g/mol. The maximum Gasteiger partial charge on any atom is 0.214 e. The molecule has 0 amide bonds. The van der Waals surface area contributed by atoms with Crippen molar-refractivity contribution in [2.24, 2.45) is 0 Å². The second-order valence-corrected chi connectivity index (χ2v) is 8.03. The molecule has 116 valence electrons. The summed E-state index contributed by atoms with van der Waals surface area (Å²) in [7, 11) is -1.60. The molecular weight excluding hydrogens is 308 g/mol. The van der Waals surface area contributed by atoms with Gasteiger partial charge in [-0.25, -0.2) is 13.4 Å². The molecule has 0 radical (unpaired) electrons. The average molecular weight is 328 g/mol. The van der Waals surface area contributed by atoms with Gasteiger partial charge in [-0.05, 0) is 25.5 Å². The fourth-order valence-corrected chi connectivity index (χ4v) is 3.92. The number of thiazole rings is 1. The van der Waals surface area contributed by atoms with E-state index in [1.54, 1.807) is 7.05 Å². The largest absolute Gasteiger partial charge is 0.459 e. The van der Waals surface area contributed by atoms with Crippen LogP contribution in [0.5, 0.6) is 0 Å². The SMILES string of the molecule is CCCCS(=O)(=O)N(C)Cc1csc(-c2ccc(C)o2)n1. The van der Waals surface area contributed by atoms with Crippen molar-refractivity contribution in [3.63, 3.8) is 0 Å². The van der Waals surface area contributed by atoms with Gasteiger partial charge in [0.1, 0.15) is 5.76 Å². The average Bonchev–Trinajstić information content (AvgIpc) is 3.05. The Balaban J connectivity index is 2.05. The number of aryl methyl sites for hydroxylation is 1. The molecule has 0 unspecified atom stereocenters. The molecule has 0 aliphatic carbocycles. The van der Waals surface area contributed by atoms with Gasteiger partial charge in [-0.3, -0.25) is 0 Å².